The molecular formula is C20H24N4O2. The van der Waals surface area contributed by atoms with Crippen LogP contribution in [0.3, 0.4) is 0 Å². The van der Waals surface area contributed by atoms with Crippen molar-refractivity contribution in [3.05, 3.63) is 52.3 Å². The zero-order valence-electron chi connectivity index (χ0n) is 15.7. The number of hydrogen-bond donors (Lipinski definition) is 0. The van der Waals surface area contributed by atoms with E-state index in [4.69, 9.17) is 10.00 Å². The third-order valence-corrected chi connectivity index (χ3v) is 4.76. The topological polar surface area (TPSA) is 71.2 Å². The molecule has 26 heavy (non-hydrogen) atoms. The Kier molecular flexibility index (Phi) is 5.10. The number of amides is 1. The molecule has 1 aromatic carbocycles. The summed E-state index contributed by atoms with van der Waals surface area (Å²) in [6.07, 6.45) is 0.708. The minimum Gasteiger partial charge on any atom is -0.369 e. The van der Waals surface area contributed by atoms with Crippen molar-refractivity contribution in [2.24, 2.45) is 0 Å². The summed E-state index contributed by atoms with van der Waals surface area (Å²) in [5.41, 5.74) is 4.14. The molecule has 2 heterocycles. The molecule has 1 aromatic heterocycles. The van der Waals surface area contributed by atoms with E-state index in [1.54, 1.807) is 24.1 Å². The number of rotatable bonds is 4. The fourth-order valence-corrected chi connectivity index (χ4v) is 3.54. The Balaban J connectivity index is 1.86. The van der Waals surface area contributed by atoms with Crippen molar-refractivity contribution < 1.29 is 9.53 Å². The highest BCUT2D eigenvalue weighted by Crippen LogP contribution is 2.32. The van der Waals surface area contributed by atoms with E-state index in [9.17, 15) is 4.79 Å². The molecule has 0 spiro atoms. The van der Waals surface area contributed by atoms with Gasteiger partial charge in [-0.15, -0.1) is 0 Å². The van der Waals surface area contributed by atoms with Crippen LogP contribution < -0.4 is 0 Å². The van der Waals surface area contributed by atoms with E-state index in [1.807, 2.05) is 37.6 Å². The molecule has 6 nitrogen and oxygen atoms in total. The van der Waals surface area contributed by atoms with Gasteiger partial charge in [0.25, 0.3) is 5.91 Å². The number of benzene rings is 1. The van der Waals surface area contributed by atoms with E-state index in [0.29, 0.717) is 30.8 Å². The van der Waals surface area contributed by atoms with Crippen LogP contribution in [0.15, 0.2) is 24.3 Å². The second-order valence-corrected chi connectivity index (χ2v) is 6.79. The summed E-state index contributed by atoms with van der Waals surface area (Å²) in [6, 6.07) is 9.39. The summed E-state index contributed by atoms with van der Waals surface area (Å²) < 4.78 is 7.80. The van der Waals surface area contributed by atoms with Gasteiger partial charge in [0, 0.05) is 32.1 Å². The largest absolute Gasteiger partial charge is 0.369 e. The minimum absolute atomic E-state index is 0.0633. The maximum absolute atomic E-state index is 13.0. The van der Waals surface area contributed by atoms with Gasteiger partial charge in [-0.3, -0.25) is 9.48 Å². The van der Waals surface area contributed by atoms with Crippen molar-refractivity contribution in [1.29, 1.82) is 5.26 Å². The Labute approximate surface area is 154 Å². The number of ether oxygens (including phenoxy) is 1. The number of nitrogens with zero attached hydrogens (tertiary/aromatic N) is 4. The Bertz CT molecular complexity index is 848. The van der Waals surface area contributed by atoms with Gasteiger partial charge < -0.3 is 9.64 Å². The SMILES string of the molecule is CCn1nc(C(=O)N(C)Cc2ccc(C#N)cc2)c2c1[C@H](C)O[C@H](C)C2. The third kappa shape index (κ3) is 3.35. The van der Waals surface area contributed by atoms with E-state index in [0.717, 1.165) is 16.8 Å². The number of nitriles is 1. The van der Waals surface area contributed by atoms with Crippen LogP contribution in [-0.2, 0) is 24.2 Å². The molecule has 1 amide bonds. The first-order chi connectivity index (χ1) is 12.4. The number of carbonyl (C=O) groups excluding carboxylic acids is 1. The molecule has 0 N–H and O–H groups in total. The van der Waals surface area contributed by atoms with Crippen LogP contribution in [-0.4, -0.2) is 33.7 Å². The molecule has 136 valence electrons. The van der Waals surface area contributed by atoms with Gasteiger partial charge in [-0.05, 0) is 38.5 Å². The van der Waals surface area contributed by atoms with Crippen LogP contribution in [0.5, 0.6) is 0 Å². The van der Waals surface area contributed by atoms with Crippen molar-refractivity contribution in [3.63, 3.8) is 0 Å². The number of carbonyl (C=O) groups is 1. The van der Waals surface area contributed by atoms with Crippen LogP contribution >= 0.6 is 0 Å². The third-order valence-electron chi connectivity index (χ3n) is 4.76. The fourth-order valence-electron chi connectivity index (χ4n) is 3.54. The highest BCUT2D eigenvalue weighted by atomic mass is 16.5. The van der Waals surface area contributed by atoms with Gasteiger partial charge in [-0.25, -0.2) is 0 Å². The van der Waals surface area contributed by atoms with Crippen LogP contribution in [0, 0.1) is 11.3 Å². The highest BCUT2D eigenvalue weighted by molar-refractivity contribution is 5.94. The molecule has 2 atom stereocenters. The number of aromatic nitrogens is 2. The zero-order valence-corrected chi connectivity index (χ0v) is 15.7. The van der Waals surface area contributed by atoms with Crippen molar-refractivity contribution in [3.8, 4) is 6.07 Å². The first kappa shape index (κ1) is 18.2. The van der Waals surface area contributed by atoms with Crippen LogP contribution in [0.25, 0.3) is 0 Å². The van der Waals surface area contributed by atoms with Gasteiger partial charge in [0.1, 0.15) is 0 Å². The number of aryl methyl sites for hydroxylation is 1. The Morgan fingerprint density at radius 2 is 2.08 bits per heavy atom. The first-order valence-electron chi connectivity index (χ1n) is 8.94. The summed E-state index contributed by atoms with van der Waals surface area (Å²) in [6.45, 7) is 7.23. The molecule has 0 saturated heterocycles. The molecule has 6 heteroatoms. The van der Waals surface area contributed by atoms with Gasteiger partial charge in [0.05, 0.1) is 29.5 Å². The van der Waals surface area contributed by atoms with Crippen molar-refractivity contribution in [2.75, 3.05) is 7.05 Å². The molecule has 0 unspecified atom stereocenters. The minimum atomic E-state index is -0.0842. The Morgan fingerprint density at radius 3 is 2.69 bits per heavy atom. The van der Waals surface area contributed by atoms with E-state index >= 15 is 0 Å². The van der Waals surface area contributed by atoms with Crippen LogP contribution in [0.1, 0.15) is 59.7 Å². The first-order valence-corrected chi connectivity index (χ1v) is 8.94. The van der Waals surface area contributed by atoms with Gasteiger partial charge in [0.15, 0.2) is 5.69 Å². The van der Waals surface area contributed by atoms with Crippen molar-refractivity contribution in [2.45, 2.75) is 52.5 Å². The summed E-state index contributed by atoms with van der Waals surface area (Å²) in [4.78, 5) is 14.7. The van der Waals surface area contributed by atoms with E-state index in [1.165, 1.54) is 0 Å². The zero-order chi connectivity index (χ0) is 18.8. The van der Waals surface area contributed by atoms with Gasteiger partial charge in [-0.1, -0.05) is 12.1 Å². The molecule has 1 aliphatic heterocycles. The normalized spacial score (nSPS) is 18.9. The standard InChI is InChI=1S/C20H24N4O2/c1-5-24-19-14(3)26-13(2)10-17(19)18(22-24)20(25)23(4)12-16-8-6-15(11-21)7-9-16/h6-9,13-14H,5,10,12H2,1-4H3/t13-,14+/m1/s1. The predicted molar refractivity (Wildman–Crippen MR) is 97.5 cm³/mol. The monoisotopic (exact) mass is 352 g/mol. The molecule has 0 saturated carbocycles. The Hall–Kier alpha value is -2.65. The summed E-state index contributed by atoms with van der Waals surface area (Å²) in [7, 11) is 1.78. The molecule has 3 rings (SSSR count). The maximum Gasteiger partial charge on any atom is 0.274 e. The van der Waals surface area contributed by atoms with Gasteiger partial charge in [-0.2, -0.15) is 10.4 Å². The fraction of sp³-hybridized carbons (Fsp3) is 0.450. The van der Waals surface area contributed by atoms with Crippen LogP contribution in [0.2, 0.25) is 0 Å². The predicted octanol–water partition coefficient (Wildman–Crippen LogP) is 3.07. The lowest BCUT2D eigenvalue weighted by Crippen LogP contribution is -2.29. The summed E-state index contributed by atoms with van der Waals surface area (Å²) in [5, 5.41) is 13.5. The summed E-state index contributed by atoms with van der Waals surface area (Å²) in [5.74, 6) is -0.0842. The molecular weight excluding hydrogens is 328 g/mol. The lowest BCUT2D eigenvalue weighted by molar-refractivity contribution is -0.00951. The Morgan fingerprint density at radius 1 is 1.38 bits per heavy atom. The highest BCUT2D eigenvalue weighted by Gasteiger charge is 2.32. The summed E-state index contributed by atoms with van der Waals surface area (Å²) >= 11 is 0. The molecule has 2 aromatic rings. The lowest BCUT2D eigenvalue weighted by Gasteiger charge is -2.27. The second-order valence-electron chi connectivity index (χ2n) is 6.79. The average molecular weight is 352 g/mol. The quantitative estimate of drug-likeness (QED) is 0.848. The average Bonchev–Trinajstić information content (AvgIpc) is 3.00. The van der Waals surface area contributed by atoms with Gasteiger partial charge in [0.2, 0.25) is 0 Å². The molecule has 0 bridgehead atoms. The van der Waals surface area contributed by atoms with E-state index < -0.39 is 0 Å². The van der Waals surface area contributed by atoms with Gasteiger partial charge >= 0.3 is 0 Å². The van der Waals surface area contributed by atoms with E-state index in [-0.39, 0.29) is 18.1 Å². The number of hydrogen-bond acceptors (Lipinski definition) is 4. The lowest BCUT2D eigenvalue weighted by atomic mass is 9.99. The van der Waals surface area contributed by atoms with Crippen molar-refractivity contribution >= 4 is 5.91 Å². The number of fused-ring (bicyclic) bond motifs is 1. The second kappa shape index (κ2) is 7.30. The van der Waals surface area contributed by atoms with Crippen molar-refractivity contribution in [1.82, 2.24) is 14.7 Å². The molecule has 1 aliphatic rings. The molecule has 0 radical (unpaired) electrons. The molecule has 0 fully saturated rings. The molecule has 0 aliphatic carbocycles. The van der Waals surface area contributed by atoms with E-state index in [2.05, 4.69) is 11.2 Å². The van der Waals surface area contributed by atoms with Crippen LogP contribution in [0.4, 0.5) is 0 Å². The smallest absolute Gasteiger partial charge is 0.274 e. The maximum atomic E-state index is 13.0.